The number of rotatable bonds is 2. The standard InChI is InChI=1S/C14H12N2O4/c17-13-10-7-4-8-11(16(19)20)12(10)14(18)15(13)9-5-2-1-3-6-9/h2,4-5,7-9H,1,3,6H2. The number of nitro groups is 1. The highest BCUT2D eigenvalue weighted by molar-refractivity contribution is 6.23. The lowest BCUT2D eigenvalue weighted by Gasteiger charge is -2.25. The minimum Gasteiger partial charge on any atom is -0.269 e. The van der Waals surface area contributed by atoms with Crippen molar-refractivity contribution in [2.45, 2.75) is 25.3 Å². The molecule has 2 amide bonds. The summed E-state index contributed by atoms with van der Waals surface area (Å²) >= 11 is 0. The van der Waals surface area contributed by atoms with E-state index >= 15 is 0 Å². The van der Waals surface area contributed by atoms with Crippen molar-refractivity contribution in [2.75, 3.05) is 0 Å². The van der Waals surface area contributed by atoms with E-state index < -0.39 is 16.7 Å². The molecule has 1 atom stereocenters. The molecule has 0 fully saturated rings. The van der Waals surface area contributed by atoms with Crippen LogP contribution in [0.15, 0.2) is 30.4 Å². The number of amides is 2. The monoisotopic (exact) mass is 272 g/mol. The van der Waals surface area contributed by atoms with Crippen LogP contribution in [0.3, 0.4) is 0 Å². The fourth-order valence-electron chi connectivity index (χ4n) is 2.75. The second-order valence-electron chi connectivity index (χ2n) is 4.86. The number of nitro benzene ring substituents is 1. The van der Waals surface area contributed by atoms with Crippen LogP contribution in [0.2, 0.25) is 0 Å². The molecule has 0 radical (unpaired) electrons. The molecule has 3 rings (SSSR count). The molecular formula is C14H12N2O4. The van der Waals surface area contributed by atoms with Crippen LogP contribution in [-0.4, -0.2) is 27.7 Å². The minimum absolute atomic E-state index is 0.0820. The van der Waals surface area contributed by atoms with Crippen molar-refractivity contribution in [1.82, 2.24) is 4.90 Å². The Labute approximate surface area is 114 Å². The average Bonchev–Trinajstić information content (AvgIpc) is 2.72. The normalized spacial score (nSPS) is 21.2. The molecule has 1 aliphatic heterocycles. The van der Waals surface area contributed by atoms with Gasteiger partial charge in [0.2, 0.25) is 0 Å². The van der Waals surface area contributed by atoms with Crippen molar-refractivity contribution in [3.63, 3.8) is 0 Å². The molecule has 1 heterocycles. The highest BCUT2D eigenvalue weighted by Gasteiger charge is 2.43. The summed E-state index contributed by atoms with van der Waals surface area (Å²) in [6.45, 7) is 0. The first-order valence-electron chi connectivity index (χ1n) is 6.43. The predicted octanol–water partition coefficient (Wildman–Crippen LogP) is 2.30. The summed E-state index contributed by atoms with van der Waals surface area (Å²) in [5.41, 5.74) is -0.257. The van der Waals surface area contributed by atoms with Gasteiger partial charge in [0, 0.05) is 6.07 Å². The number of carbonyl (C=O) groups excluding carboxylic acids is 2. The van der Waals surface area contributed by atoms with Crippen LogP contribution in [0, 0.1) is 10.1 Å². The zero-order chi connectivity index (χ0) is 14.3. The van der Waals surface area contributed by atoms with E-state index in [0.29, 0.717) is 6.42 Å². The number of nitrogens with zero attached hydrogens (tertiary/aromatic N) is 2. The number of carbonyl (C=O) groups is 2. The number of hydrogen-bond acceptors (Lipinski definition) is 4. The van der Waals surface area contributed by atoms with Gasteiger partial charge in [0.15, 0.2) is 0 Å². The minimum atomic E-state index is -0.621. The Hall–Kier alpha value is -2.50. The van der Waals surface area contributed by atoms with Gasteiger partial charge >= 0.3 is 0 Å². The van der Waals surface area contributed by atoms with E-state index in [1.54, 1.807) is 0 Å². The van der Waals surface area contributed by atoms with Crippen LogP contribution in [-0.2, 0) is 0 Å². The molecule has 0 N–H and O–H groups in total. The van der Waals surface area contributed by atoms with Gasteiger partial charge < -0.3 is 0 Å². The van der Waals surface area contributed by atoms with E-state index in [1.807, 2.05) is 12.2 Å². The molecule has 0 saturated carbocycles. The van der Waals surface area contributed by atoms with E-state index in [2.05, 4.69) is 0 Å². The first-order valence-corrected chi connectivity index (χ1v) is 6.43. The van der Waals surface area contributed by atoms with Crippen molar-refractivity contribution in [3.05, 3.63) is 51.6 Å². The summed E-state index contributed by atoms with van der Waals surface area (Å²) in [4.78, 5) is 36.3. The number of imide groups is 1. The van der Waals surface area contributed by atoms with E-state index in [1.165, 1.54) is 18.2 Å². The zero-order valence-electron chi connectivity index (χ0n) is 10.6. The van der Waals surface area contributed by atoms with Crippen LogP contribution in [0.4, 0.5) is 5.69 Å². The molecular weight excluding hydrogens is 260 g/mol. The van der Waals surface area contributed by atoms with Gasteiger partial charge in [-0.3, -0.25) is 24.6 Å². The van der Waals surface area contributed by atoms with Gasteiger partial charge in [0.1, 0.15) is 5.56 Å². The van der Waals surface area contributed by atoms with E-state index in [9.17, 15) is 19.7 Å². The third-order valence-corrected chi connectivity index (χ3v) is 3.68. The molecule has 6 heteroatoms. The fraction of sp³-hybridized carbons (Fsp3) is 0.286. The van der Waals surface area contributed by atoms with Gasteiger partial charge in [-0.05, 0) is 25.3 Å². The van der Waals surface area contributed by atoms with E-state index in [-0.39, 0.29) is 22.9 Å². The van der Waals surface area contributed by atoms with Gasteiger partial charge in [-0.25, -0.2) is 0 Å². The first kappa shape index (κ1) is 12.5. The maximum absolute atomic E-state index is 12.4. The smallest absolute Gasteiger partial charge is 0.269 e. The maximum atomic E-state index is 12.4. The molecule has 1 aromatic carbocycles. The number of hydrogen-bond donors (Lipinski definition) is 0. The van der Waals surface area contributed by atoms with Crippen molar-refractivity contribution in [1.29, 1.82) is 0 Å². The Balaban J connectivity index is 2.08. The Bertz CT molecular complexity index is 651. The van der Waals surface area contributed by atoms with Crippen molar-refractivity contribution in [2.24, 2.45) is 0 Å². The fourth-order valence-corrected chi connectivity index (χ4v) is 2.75. The van der Waals surface area contributed by atoms with Crippen LogP contribution in [0.5, 0.6) is 0 Å². The van der Waals surface area contributed by atoms with Crippen molar-refractivity contribution >= 4 is 17.5 Å². The second-order valence-corrected chi connectivity index (χ2v) is 4.86. The van der Waals surface area contributed by atoms with Gasteiger partial charge in [0.25, 0.3) is 17.5 Å². The molecule has 0 bridgehead atoms. The lowest BCUT2D eigenvalue weighted by atomic mass is 10.0. The Morgan fingerprint density at radius 2 is 2.05 bits per heavy atom. The second kappa shape index (κ2) is 4.56. The topological polar surface area (TPSA) is 80.5 Å². The molecule has 6 nitrogen and oxygen atoms in total. The lowest BCUT2D eigenvalue weighted by Crippen LogP contribution is -2.39. The third kappa shape index (κ3) is 1.72. The molecule has 2 aliphatic rings. The summed E-state index contributed by atoms with van der Waals surface area (Å²) in [6.07, 6.45) is 6.30. The molecule has 0 spiro atoms. The molecule has 0 aromatic heterocycles. The molecule has 102 valence electrons. The summed E-state index contributed by atoms with van der Waals surface area (Å²) in [7, 11) is 0. The Morgan fingerprint density at radius 3 is 2.70 bits per heavy atom. The molecule has 1 aromatic rings. The van der Waals surface area contributed by atoms with E-state index in [0.717, 1.165) is 17.7 Å². The lowest BCUT2D eigenvalue weighted by molar-refractivity contribution is -0.385. The van der Waals surface area contributed by atoms with Crippen molar-refractivity contribution in [3.8, 4) is 0 Å². The number of allylic oxidation sites excluding steroid dienone is 1. The predicted molar refractivity (Wildman–Crippen MR) is 70.4 cm³/mol. The van der Waals surface area contributed by atoms with Gasteiger partial charge in [-0.2, -0.15) is 0 Å². The van der Waals surface area contributed by atoms with Crippen LogP contribution in [0.25, 0.3) is 0 Å². The third-order valence-electron chi connectivity index (χ3n) is 3.68. The maximum Gasteiger partial charge on any atom is 0.282 e. The van der Waals surface area contributed by atoms with Gasteiger partial charge in [-0.15, -0.1) is 0 Å². The summed E-state index contributed by atoms with van der Waals surface area (Å²) in [5.74, 6) is -1.00. The van der Waals surface area contributed by atoms with Crippen LogP contribution < -0.4 is 0 Å². The first-order chi connectivity index (χ1) is 9.61. The van der Waals surface area contributed by atoms with E-state index in [4.69, 9.17) is 0 Å². The summed E-state index contributed by atoms with van der Waals surface area (Å²) in [6, 6.07) is 3.86. The van der Waals surface area contributed by atoms with Gasteiger partial charge in [0.05, 0.1) is 16.5 Å². The zero-order valence-corrected chi connectivity index (χ0v) is 10.6. The van der Waals surface area contributed by atoms with Crippen LogP contribution >= 0.6 is 0 Å². The number of fused-ring (bicyclic) bond motifs is 1. The molecule has 0 saturated heterocycles. The quantitative estimate of drug-likeness (QED) is 0.358. The highest BCUT2D eigenvalue weighted by Crippen LogP contribution is 2.33. The molecule has 1 unspecified atom stereocenters. The highest BCUT2D eigenvalue weighted by atomic mass is 16.6. The summed E-state index contributed by atoms with van der Waals surface area (Å²) < 4.78 is 0. The largest absolute Gasteiger partial charge is 0.282 e. The number of benzene rings is 1. The Kier molecular flexibility index (Phi) is 2.85. The van der Waals surface area contributed by atoms with Crippen molar-refractivity contribution < 1.29 is 14.5 Å². The van der Waals surface area contributed by atoms with Gasteiger partial charge in [-0.1, -0.05) is 18.2 Å². The SMILES string of the molecule is O=C1c2cccc([N+](=O)[O-])c2C(=O)N1C1C=CCCC1. The Morgan fingerprint density at radius 1 is 1.25 bits per heavy atom. The average molecular weight is 272 g/mol. The van der Waals surface area contributed by atoms with Crippen LogP contribution in [0.1, 0.15) is 40.0 Å². The summed E-state index contributed by atoms with van der Waals surface area (Å²) in [5, 5.41) is 11.0. The molecule has 1 aliphatic carbocycles. The molecule has 20 heavy (non-hydrogen) atoms.